The number of pyridine rings is 1. The molecule has 0 aliphatic heterocycles. The third-order valence-electron chi connectivity index (χ3n) is 2.77. The van der Waals surface area contributed by atoms with E-state index in [0.29, 0.717) is 6.61 Å². The lowest BCUT2D eigenvalue weighted by molar-refractivity contribution is 0.307. The molecule has 0 saturated heterocycles. The van der Waals surface area contributed by atoms with E-state index in [9.17, 15) is 0 Å². The van der Waals surface area contributed by atoms with Crippen molar-refractivity contribution < 1.29 is 4.74 Å². The van der Waals surface area contributed by atoms with Crippen LogP contribution in [-0.2, 0) is 0 Å². The van der Waals surface area contributed by atoms with Crippen molar-refractivity contribution in [2.75, 3.05) is 13.2 Å². The second kappa shape index (κ2) is 7.26. The predicted octanol–water partition coefficient (Wildman–Crippen LogP) is 3.57. The standard InChI is InChI=1S/C15H17BrN2O/c1-12(15-4-2-3-9-18-15)17-10-11-19-14-7-5-13(16)6-8-14/h2-9,12,17H,10-11H2,1H3/t12-/m0/s1. The van der Waals surface area contributed by atoms with Crippen molar-refractivity contribution in [3.05, 3.63) is 58.8 Å². The Kier molecular flexibility index (Phi) is 5.36. The second-order valence-corrected chi connectivity index (χ2v) is 5.15. The van der Waals surface area contributed by atoms with E-state index in [0.717, 1.165) is 22.5 Å². The molecule has 100 valence electrons. The number of halogens is 1. The molecule has 0 bridgehead atoms. The quantitative estimate of drug-likeness (QED) is 0.826. The van der Waals surface area contributed by atoms with Crippen molar-refractivity contribution in [2.24, 2.45) is 0 Å². The largest absolute Gasteiger partial charge is 0.492 e. The summed E-state index contributed by atoms with van der Waals surface area (Å²) in [5.41, 5.74) is 1.05. The summed E-state index contributed by atoms with van der Waals surface area (Å²) in [6.45, 7) is 3.52. The summed E-state index contributed by atoms with van der Waals surface area (Å²) < 4.78 is 6.70. The molecule has 1 aromatic heterocycles. The second-order valence-electron chi connectivity index (χ2n) is 4.23. The first-order valence-electron chi connectivity index (χ1n) is 6.28. The molecule has 1 N–H and O–H groups in total. The van der Waals surface area contributed by atoms with Crippen LogP contribution in [0.25, 0.3) is 0 Å². The van der Waals surface area contributed by atoms with Crippen LogP contribution in [0.3, 0.4) is 0 Å². The van der Waals surface area contributed by atoms with Gasteiger partial charge >= 0.3 is 0 Å². The minimum absolute atomic E-state index is 0.231. The summed E-state index contributed by atoms with van der Waals surface area (Å²) in [6, 6.07) is 14.0. The van der Waals surface area contributed by atoms with Crippen molar-refractivity contribution in [1.29, 1.82) is 0 Å². The van der Waals surface area contributed by atoms with E-state index in [1.54, 1.807) is 0 Å². The van der Waals surface area contributed by atoms with E-state index in [4.69, 9.17) is 4.74 Å². The lowest BCUT2D eigenvalue weighted by atomic mass is 10.2. The van der Waals surface area contributed by atoms with E-state index in [1.165, 1.54) is 0 Å². The minimum atomic E-state index is 0.231. The molecule has 0 spiro atoms. The van der Waals surface area contributed by atoms with Gasteiger partial charge < -0.3 is 10.1 Å². The number of nitrogens with one attached hydrogen (secondary N) is 1. The molecule has 0 aliphatic carbocycles. The number of hydrogen-bond donors (Lipinski definition) is 1. The van der Waals surface area contributed by atoms with Gasteiger partial charge in [-0.2, -0.15) is 0 Å². The fraction of sp³-hybridized carbons (Fsp3) is 0.267. The first kappa shape index (κ1) is 14.0. The van der Waals surface area contributed by atoms with Gasteiger partial charge in [0.1, 0.15) is 12.4 Å². The zero-order valence-corrected chi connectivity index (χ0v) is 12.4. The van der Waals surface area contributed by atoms with Crippen LogP contribution in [0.2, 0.25) is 0 Å². The van der Waals surface area contributed by atoms with Gasteiger partial charge in [-0.15, -0.1) is 0 Å². The van der Waals surface area contributed by atoms with Crippen LogP contribution < -0.4 is 10.1 Å². The molecule has 19 heavy (non-hydrogen) atoms. The van der Waals surface area contributed by atoms with E-state index >= 15 is 0 Å². The minimum Gasteiger partial charge on any atom is -0.492 e. The molecule has 1 aromatic carbocycles. The molecule has 0 radical (unpaired) electrons. The number of benzene rings is 1. The van der Waals surface area contributed by atoms with Gasteiger partial charge in [0.15, 0.2) is 0 Å². The molecule has 0 saturated carbocycles. The SMILES string of the molecule is C[C@H](NCCOc1ccc(Br)cc1)c1ccccn1. The molecule has 2 rings (SSSR count). The van der Waals surface area contributed by atoms with Crippen LogP contribution in [-0.4, -0.2) is 18.1 Å². The zero-order chi connectivity index (χ0) is 13.5. The number of rotatable bonds is 6. The smallest absolute Gasteiger partial charge is 0.119 e. The summed E-state index contributed by atoms with van der Waals surface area (Å²) in [5, 5.41) is 3.38. The summed E-state index contributed by atoms with van der Waals surface area (Å²) in [5.74, 6) is 0.885. The van der Waals surface area contributed by atoms with Gasteiger partial charge in [-0.05, 0) is 43.3 Å². The third kappa shape index (κ3) is 4.65. The highest BCUT2D eigenvalue weighted by atomic mass is 79.9. The molecule has 4 heteroatoms. The van der Waals surface area contributed by atoms with Crippen molar-refractivity contribution >= 4 is 15.9 Å². The fourth-order valence-corrected chi connectivity index (χ4v) is 1.98. The Bertz CT molecular complexity index is 487. The Hall–Kier alpha value is -1.39. The third-order valence-corrected chi connectivity index (χ3v) is 3.30. The first-order chi connectivity index (χ1) is 9.25. The van der Waals surface area contributed by atoms with Gasteiger partial charge in [0.05, 0.1) is 5.69 Å². The van der Waals surface area contributed by atoms with Crippen molar-refractivity contribution in [3.63, 3.8) is 0 Å². The highest BCUT2D eigenvalue weighted by molar-refractivity contribution is 9.10. The molecule has 3 nitrogen and oxygen atoms in total. The lowest BCUT2D eigenvalue weighted by Gasteiger charge is -2.13. The maximum absolute atomic E-state index is 5.64. The van der Waals surface area contributed by atoms with E-state index < -0.39 is 0 Å². The van der Waals surface area contributed by atoms with Gasteiger partial charge in [-0.1, -0.05) is 22.0 Å². The topological polar surface area (TPSA) is 34.1 Å². The number of hydrogen-bond acceptors (Lipinski definition) is 3. The maximum atomic E-state index is 5.64. The summed E-state index contributed by atoms with van der Waals surface area (Å²) in [7, 11) is 0. The summed E-state index contributed by atoms with van der Waals surface area (Å²) in [4.78, 5) is 4.32. The highest BCUT2D eigenvalue weighted by Gasteiger charge is 2.04. The average Bonchev–Trinajstić information content (AvgIpc) is 2.46. The molecule has 0 fully saturated rings. The first-order valence-corrected chi connectivity index (χ1v) is 7.07. The normalized spacial score (nSPS) is 12.1. The van der Waals surface area contributed by atoms with Gasteiger partial charge in [0.25, 0.3) is 0 Å². The van der Waals surface area contributed by atoms with E-state index in [1.807, 2.05) is 48.7 Å². The molecule has 1 atom stereocenters. The predicted molar refractivity (Wildman–Crippen MR) is 80.3 cm³/mol. The molecule has 2 aromatic rings. The Balaban J connectivity index is 1.71. The lowest BCUT2D eigenvalue weighted by Crippen LogP contribution is -2.24. The fourth-order valence-electron chi connectivity index (χ4n) is 1.71. The monoisotopic (exact) mass is 320 g/mol. The van der Waals surface area contributed by atoms with Gasteiger partial charge in [-0.3, -0.25) is 4.98 Å². The van der Waals surface area contributed by atoms with Gasteiger partial charge in [-0.25, -0.2) is 0 Å². The molecule has 0 aliphatic rings. The highest BCUT2D eigenvalue weighted by Crippen LogP contribution is 2.15. The molecular formula is C15H17BrN2O. The molecule has 0 amide bonds. The Morgan fingerprint density at radius 1 is 1.21 bits per heavy atom. The maximum Gasteiger partial charge on any atom is 0.119 e. The van der Waals surface area contributed by atoms with Gasteiger partial charge in [0.2, 0.25) is 0 Å². The van der Waals surface area contributed by atoms with Crippen LogP contribution in [0.15, 0.2) is 53.1 Å². The molecule has 0 unspecified atom stereocenters. The van der Waals surface area contributed by atoms with Crippen molar-refractivity contribution in [2.45, 2.75) is 13.0 Å². The summed E-state index contributed by atoms with van der Waals surface area (Å²) in [6.07, 6.45) is 1.81. The molecule has 1 heterocycles. The average molecular weight is 321 g/mol. The summed E-state index contributed by atoms with van der Waals surface area (Å²) >= 11 is 3.40. The Morgan fingerprint density at radius 2 is 2.00 bits per heavy atom. The van der Waals surface area contributed by atoms with E-state index in [-0.39, 0.29) is 6.04 Å². The van der Waals surface area contributed by atoms with Crippen molar-refractivity contribution in [3.8, 4) is 5.75 Å². The van der Waals surface area contributed by atoms with Crippen LogP contribution in [0, 0.1) is 0 Å². The van der Waals surface area contributed by atoms with Gasteiger partial charge in [0, 0.05) is 23.3 Å². The van der Waals surface area contributed by atoms with Crippen LogP contribution >= 0.6 is 15.9 Å². The Labute approximate surface area is 122 Å². The van der Waals surface area contributed by atoms with Crippen molar-refractivity contribution in [1.82, 2.24) is 10.3 Å². The number of ether oxygens (including phenoxy) is 1. The van der Waals surface area contributed by atoms with Crippen LogP contribution in [0.1, 0.15) is 18.7 Å². The number of nitrogens with zero attached hydrogens (tertiary/aromatic N) is 1. The van der Waals surface area contributed by atoms with Crippen LogP contribution in [0.4, 0.5) is 0 Å². The Morgan fingerprint density at radius 3 is 2.68 bits per heavy atom. The number of aromatic nitrogens is 1. The molecular weight excluding hydrogens is 304 g/mol. The zero-order valence-electron chi connectivity index (χ0n) is 10.8. The van der Waals surface area contributed by atoms with Crippen LogP contribution in [0.5, 0.6) is 5.75 Å². The van der Waals surface area contributed by atoms with E-state index in [2.05, 4.69) is 33.2 Å².